The molecule has 0 aliphatic heterocycles. The van der Waals surface area contributed by atoms with Gasteiger partial charge in [0.25, 0.3) is 0 Å². The van der Waals surface area contributed by atoms with Crippen molar-refractivity contribution in [3.05, 3.63) is 12.2 Å². The van der Waals surface area contributed by atoms with Gasteiger partial charge >= 0.3 is 35.8 Å². The Morgan fingerprint density at radius 3 is 1.29 bits per heavy atom. The summed E-state index contributed by atoms with van der Waals surface area (Å²) in [6, 6.07) is 0. The second-order valence-corrected chi connectivity index (χ2v) is 4.61. The lowest BCUT2D eigenvalue weighted by Crippen LogP contribution is -2.70. The van der Waals surface area contributed by atoms with Crippen LogP contribution in [0.3, 0.4) is 0 Å². The summed E-state index contributed by atoms with van der Waals surface area (Å²) in [4.78, 5) is 0. The first-order chi connectivity index (χ1) is 10.3. The summed E-state index contributed by atoms with van der Waals surface area (Å²) in [7, 11) is 0. The van der Waals surface area contributed by atoms with Crippen LogP contribution in [0.5, 0.6) is 0 Å². The normalized spacial score (nSPS) is 16.1. The summed E-state index contributed by atoms with van der Waals surface area (Å²) in [5.74, 6) is -36.4. The Kier molecular flexibility index (Phi) is 5.98. The standard InChI is InChI=1S/C11H9F13/c1-2-3-4-5-6(12,13)7(14,15)8(16,17)9(18,19)10(20,21)11(22,23)24/h2-3H,4-5H2,1H3. The second kappa shape index (κ2) is 6.28. The fraction of sp³-hybridized carbons (Fsp3) is 0.818. The van der Waals surface area contributed by atoms with E-state index in [1.165, 1.54) is 6.92 Å². The predicted molar refractivity (Wildman–Crippen MR) is 54.8 cm³/mol. The fourth-order valence-corrected chi connectivity index (χ4v) is 1.39. The third-order valence-electron chi connectivity index (χ3n) is 2.86. The molecule has 0 N–H and O–H groups in total. The lowest BCUT2D eigenvalue weighted by molar-refractivity contribution is -0.440. The van der Waals surface area contributed by atoms with Gasteiger partial charge in [0.1, 0.15) is 0 Å². The highest BCUT2D eigenvalue weighted by molar-refractivity contribution is 5.10. The lowest BCUT2D eigenvalue weighted by Gasteiger charge is -2.39. The number of allylic oxidation sites excluding steroid dienone is 2. The van der Waals surface area contributed by atoms with Crippen LogP contribution in [0.25, 0.3) is 0 Å². The van der Waals surface area contributed by atoms with Crippen LogP contribution in [-0.2, 0) is 0 Å². The first kappa shape index (κ1) is 22.8. The van der Waals surface area contributed by atoms with Crippen molar-refractivity contribution < 1.29 is 57.1 Å². The minimum atomic E-state index is -7.83. The van der Waals surface area contributed by atoms with Gasteiger partial charge in [0.15, 0.2) is 0 Å². The third kappa shape index (κ3) is 3.30. The highest BCUT2D eigenvalue weighted by Gasteiger charge is 2.90. The van der Waals surface area contributed by atoms with E-state index in [4.69, 9.17) is 0 Å². The van der Waals surface area contributed by atoms with Crippen molar-refractivity contribution in [2.24, 2.45) is 0 Å². The Labute approximate surface area is 126 Å². The van der Waals surface area contributed by atoms with E-state index in [1.54, 1.807) is 0 Å². The second-order valence-electron chi connectivity index (χ2n) is 4.61. The first-order valence-electron chi connectivity index (χ1n) is 5.88. The molecule has 0 aromatic heterocycles. The predicted octanol–water partition coefficient (Wildman–Crippen LogP) is 6.08. The average Bonchev–Trinajstić information content (AvgIpc) is 2.36. The highest BCUT2D eigenvalue weighted by Crippen LogP contribution is 2.60. The van der Waals surface area contributed by atoms with Crippen molar-refractivity contribution in [2.45, 2.75) is 55.6 Å². The molecular formula is C11H9F13. The summed E-state index contributed by atoms with van der Waals surface area (Å²) >= 11 is 0. The van der Waals surface area contributed by atoms with Crippen molar-refractivity contribution in [1.82, 2.24) is 0 Å². The number of alkyl halides is 13. The number of hydrogen-bond donors (Lipinski definition) is 0. The van der Waals surface area contributed by atoms with Crippen LogP contribution in [0.1, 0.15) is 19.8 Å². The van der Waals surface area contributed by atoms with E-state index >= 15 is 0 Å². The molecule has 0 atom stereocenters. The molecule has 0 spiro atoms. The Bertz CT molecular complexity index is 457. The molecule has 0 heterocycles. The quantitative estimate of drug-likeness (QED) is 0.366. The summed E-state index contributed by atoms with van der Waals surface area (Å²) in [5.41, 5.74) is 0. The molecule has 0 rings (SSSR count). The molecule has 144 valence electrons. The van der Waals surface area contributed by atoms with Gasteiger partial charge < -0.3 is 0 Å². The van der Waals surface area contributed by atoms with Crippen molar-refractivity contribution in [1.29, 1.82) is 0 Å². The van der Waals surface area contributed by atoms with Gasteiger partial charge in [-0.15, -0.1) is 0 Å². The molecule has 24 heavy (non-hydrogen) atoms. The summed E-state index contributed by atoms with van der Waals surface area (Å²) < 4.78 is 165. The van der Waals surface area contributed by atoms with E-state index in [0.29, 0.717) is 0 Å². The van der Waals surface area contributed by atoms with Crippen molar-refractivity contribution in [2.75, 3.05) is 0 Å². The van der Waals surface area contributed by atoms with E-state index in [9.17, 15) is 57.1 Å². The van der Waals surface area contributed by atoms with Gasteiger partial charge in [-0.25, -0.2) is 0 Å². The third-order valence-corrected chi connectivity index (χ3v) is 2.86. The van der Waals surface area contributed by atoms with Crippen LogP contribution in [0, 0.1) is 0 Å². The lowest BCUT2D eigenvalue weighted by atomic mass is 9.92. The Balaban J connectivity index is 6.01. The molecule has 0 fully saturated rings. The van der Waals surface area contributed by atoms with Gasteiger partial charge in [-0.1, -0.05) is 12.2 Å². The van der Waals surface area contributed by atoms with Gasteiger partial charge in [0.2, 0.25) is 0 Å². The van der Waals surface area contributed by atoms with E-state index in [0.717, 1.165) is 12.2 Å². The molecule has 0 bridgehead atoms. The minimum Gasteiger partial charge on any atom is -0.200 e. The van der Waals surface area contributed by atoms with E-state index in [1.807, 2.05) is 0 Å². The van der Waals surface area contributed by atoms with Crippen molar-refractivity contribution >= 4 is 0 Å². The summed E-state index contributed by atoms with van der Waals surface area (Å²) in [6.07, 6.45) is -8.87. The fourth-order valence-electron chi connectivity index (χ4n) is 1.39. The van der Waals surface area contributed by atoms with Crippen LogP contribution < -0.4 is 0 Å². The molecule has 0 aliphatic carbocycles. The Hall–Kier alpha value is -1.17. The maximum Gasteiger partial charge on any atom is 0.460 e. The van der Waals surface area contributed by atoms with Crippen LogP contribution in [0.15, 0.2) is 12.2 Å². The molecule has 0 aliphatic rings. The summed E-state index contributed by atoms with van der Waals surface area (Å²) in [6.45, 7) is 1.20. The molecule has 0 nitrogen and oxygen atoms in total. The largest absolute Gasteiger partial charge is 0.460 e. The molecule has 0 saturated heterocycles. The molecule has 0 unspecified atom stereocenters. The van der Waals surface area contributed by atoms with Gasteiger partial charge in [-0.05, 0) is 13.3 Å². The zero-order valence-electron chi connectivity index (χ0n) is 11.5. The molecular weight excluding hydrogens is 379 g/mol. The highest BCUT2D eigenvalue weighted by atomic mass is 19.4. The monoisotopic (exact) mass is 388 g/mol. The van der Waals surface area contributed by atoms with Crippen LogP contribution >= 0.6 is 0 Å². The smallest absolute Gasteiger partial charge is 0.200 e. The van der Waals surface area contributed by atoms with Gasteiger partial charge in [0.05, 0.1) is 0 Å². The van der Waals surface area contributed by atoms with Crippen LogP contribution in [0.4, 0.5) is 57.1 Å². The topological polar surface area (TPSA) is 0 Å². The minimum absolute atomic E-state index is 0.741. The maximum absolute atomic E-state index is 13.1. The van der Waals surface area contributed by atoms with Gasteiger partial charge in [-0.3, -0.25) is 0 Å². The Morgan fingerprint density at radius 1 is 0.583 bits per heavy atom. The van der Waals surface area contributed by atoms with E-state index in [2.05, 4.69) is 0 Å². The number of halogens is 13. The zero-order valence-corrected chi connectivity index (χ0v) is 11.5. The van der Waals surface area contributed by atoms with Crippen LogP contribution in [-0.4, -0.2) is 35.8 Å². The van der Waals surface area contributed by atoms with Crippen LogP contribution in [0.2, 0.25) is 0 Å². The molecule has 0 amide bonds. The Morgan fingerprint density at radius 2 is 0.958 bits per heavy atom. The van der Waals surface area contributed by atoms with Gasteiger partial charge in [0, 0.05) is 6.42 Å². The number of hydrogen-bond acceptors (Lipinski definition) is 0. The van der Waals surface area contributed by atoms with Crippen molar-refractivity contribution in [3.8, 4) is 0 Å². The molecule has 13 heteroatoms. The molecule has 0 aromatic carbocycles. The van der Waals surface area contributed by atoms with Gasteiger partial charge in [-0.2, -0.15) is 57.1 Å². The zero-order chi connectivity index (χ0) is 19.8. The summed E-state index contributed by atoms with van der Waals surface area (Å²) in [5, 5.41) is 0. The SMILES string of the molecule is CC=CCCC(F)(F)C(F)(F)C(F)(F)C(F)(F)C(F)(F)C(F)(F)F. The molecule has 0 radical (unpaired) electrons. The first-order valence-corrected chi connectivity index (χ1v) is 5.88. The maximum atomic E-state index is 13.1. The van der Waals surface area contributed by atoms with E-state index in [-0.39, 0.29) is 0 Å². The van der Waals surface area contributed by atoms with E-state index < -0.39 is 48.6 Å². The average molecular weight is 388 g/mol. The molecule has 0 aromatic rings. The number of rotatable bonds is 7. The van der Waals surface area contributed by atoms with Crippen molar-refractivity contribution in [3.63, 3.8) is 0 Å². The molecule has 0 saturated carbocycles.